The van der Waals surface area contributed by atoms with E-state index in [0.29, 0.717) is 31.3 Å². The molecule has 1 fully saturated rings. The van der Waals surface area contributed by atoms with Crippen LogP contribution in [0.2, 0.25) is 0 Å². The Hall–Kier alpha value is -4.17. The predicted molar refractivity (Wildman–Crippen MR) is 200 cm³/mol. The lowest BCUT2D eigenvalue weighted by molar-refractivity contribution is -0.140. The average molecular weight is 719 g/mol. The summed E-state index contributed by atoms with van der Waals surface area (Å²) in [5.74, 6) is -2.58. The Kier molecular flexibility index (Phi) is 15.7. The van der Waals surface area contributed by atoms with Crippen molar-refractivity contribution in [2.45, 2.75) is 109 Å². The first-order valence-corrected chi connectivity index (χ1v) is 18.7. The number of carbonyl (C=O) groups is 2. The second kappa shape index (κ2) is 20.2. The van der Waals surface area contributed by atoms with Gasteiger partial charge in [0, 0.05) is 16.7 Å². The highest BCUT2D eigenvalue weighted by Gasteiger charge is 2.28. The highest BCUT2D eigenvalue weighted by molar-refractivity contribution is 5.88. The van der Waals surface area contributed by atoms with Gasteiger partial charge in [0.05, 0.1) is 25.4 Å². The lowest BCUT2D eigenvalue weighted by Gasteiger charge is -2.30. The van der Waals surface area contributed by atoms with Gasteiger partial charge in [-0.3, -0.25) is 0 Å². The second-order valence-electron chi connectivity index (χ2n) is 14.1. The van der Waals surface area contributed by atoms with Crippen LogP contribution in [0.1, 0.15) is 124 Å². The zero-order chi connectivity index (χ0) is 37.6. The van der Waals surface area contributed by atoms with Crippen LogP contribution in [0.3, 0.4) is 0 Å². The number of halogens is 3. The number of esters is 2. The van der Waals surface area contributed by atoms with Crippen molar-refractivity contribution < 1.29 is 37.3 Å². The van der Waals surface area contributed by atoms with E-state index in [1.54, 1.807) is 13.0 Å². The molecule has 1 unspecified atom stereocenters. The molecule has 52 heavy (non-hydrogen) atoms. The summed E-state index contributed by atoms with van der Waals surface area (Å²) in [6.45, 7) is 10.9. The Labute approximate surface area is 306 Å². The fourth-order valence-corrected chi connectivity index (χ4v) is 7.17. The third kappa shape index (κ3) is 11.4. The minimum atomic E-state index is -0.622. The van der Waals surface area contributed by atoms with E-state index in [1.807, 2.05) is 6.07 Å². The van der Waals surface area contributed by atoms with Crippen LogP contribution in [0.5, 0.6) is 0 Å². The Balaban J connectivity index is 1.36. The van der Waals surface area contributed by atoms with Crippen LogP contribution in [0, 0.1) is 17.5 Å². The molecular formula is C44H53F3O5. The molecule has 0 bridgehead atoms. The number of ether oxygens (including phenoxy) is 2. The fraction of sp³-hybridized carbons (Fsp3) is 0.455. The molecule has 0 saturated heterocycles. The second-order valence-corrected chi connectivity index (χ2v) is 14.1. The number of aryl methyl sites for hydroxylation is 1. The first-order valence-electron chi connectivity index (χ1n) is 18.7. The van der Waals surface area contributed by atoms with Crippen LogP contribution in [-0.4, -0.2) is 36.9 Å². The van der Waals surface area contributed by atoms with E-state index >= 15 is 8.78 Å². The molecule has 0 aliphatic heterocycles. The van der Waals surface area contributed by atoms with Crippen LogP contribution < -0.4 is 0 Å². The molecular weight excluding hydrogens is 665 g/mol. The van der Waals surface area contributed by atoms with Gasteiger partial charge in [0.25, 0.3) is 0 Å². The van der Waals surface area contributed by atoms with Crippen LogP contribution in [-0.2, 0) is 25.5 Å². The van der Waals surface area contributed by atoms with Crippen molar-refractivity contribution in [1.82, 2.24) is 0 Å². The van der Waals surface area contributed by atoms with Crippen molar-refractivity contribution in [3.8, 4) is 11.1 Å². The van der Waals surface area contributed by atoms with Gasteiger partial charge in [0.2, 0.25) is 0 Å². The summed E-state index contributed by atoms with van der Waals surface area (Å²) in [6.07, 6.45) is 9.56. The van der Waals surface area contributed by atoms with E-state index in [9.17, 15) is 14.0 Å². The smallest absolute Gasteiger partial charge is 0.335 e. The summed E-state index contributed by atoms with van der Waals surface area (Å²) in [6, 6.07) is 16.0. The summed E-state index contributed by atoms with van der Waals surface area (Å²) in [5, 5.41) is 9.10. The first kappa shape index (κ1) is 40.6. The van der Waals surface area contributed by atoms with Gasteiger partial charge in [-0.15, -0.1) is 0 Å². The van der Waals surface area contributed by atoms with Gasteiger partial charge in [-0.1, -0.05) is 69.3 Å². The van der Waals surface area contributed by atoms with Gasteiger partial charge in [0.1, 0.15) is 17.5 Å². The third-order valence-corrected chi connectivity index (χ3v) is 10.2. The summed E-state index contributed by atoms with van der Waals surface area (Å²) in [4.78, 5) is 23.7. The van der Waals surface area contributed by atoms with E-state index in [2.05, 4.69) is 44.3 Å². The number of unbranched alkanes of at least 4 members (excludes halogenated alkanes) is 2. The molecule has 1 saturated carbocycles. The van der Waals surface area contributed by atoms with Gasteiger partial charge < -0.3 is 14.6 Å². The topological polar surface area (TPSA) is 72.8 Å². The van der Waals surface area contributed by atoms with E-state index in [-0.39, 0.29) is 53.2 Å². The zero-order valence-corrected chi connectivity index (χ0v) is 30.7. The molecule has 0 aromatic heterocycles. The summed E-state index contributed by atoms with van der Waals surface area (Å²) < 4.78 is 56.5. The van der Waals surface area contributed by atoms with E-state index in [0.717, 1.165) is 62.5 Å². The minimum absolute atomic E-state index is 0.0137. The monoisotopic (exact) mass is 718 g/mol. The Bertz CT molecular complexity index is 1650. The van der Waals surface area contributed by atoms with Gasteiger partial charge in [-0.25, -0.2) is 22.8 Å². The van der Waals surface area contributed by atoms with Crippen molar-refractivity contribution in [3.63, 3.8) is 0 Å². The molecule has 4 rings (SSSR count). The van der Waals surface area contributed by atoms with Crippen molar-refractivity contribution in [2.24, 2.45) is 0 Å². The molecule has 0 spiro atoms. The number of rotatable bonds is 19. The van der Waals surface area contributed by atoms with Crippen LogP contribution in [0.15, 0.2) is 78.9 Å². The predicted octanol–water partition coefficient (Wildman–Crippen LogP) is 10.8. The van der Waals surface area contributed by atoms with Crippen LogP contribution in [0.4, 0.5) is 13.2 Å². The van der Waals surface area contributed by atoms with Gasteiger partial charge in [0.15, 0.2) is 0 Å². The molecule has 1 N–H and O–H groups in total. The Morgan fingerprint density at radius 3 is 1.94 bits per heavy atom. The lowest BCUT2D eigenvalue weighted by Crippen LogP contribution is -2.15. The summed E-state index contributed by atoms with van der Waals surface area (Å²) >= 11 is 0. The van der Waals surface area contributed by atoms with E-state index in [4.69, 9.17) is 14.6 Å². The SMILES string of the molecule is C=C(C)C(=O)OCCCC(CCCOC(=O)C(=C)CO)c1ccc(C2CCC(c3c(F)cc(-c4ccc(CCCCC)cc4F)cc3F)CC2)cc1. The molecule has 3 aromatic rings. The standard InChI is InChI=1S/C44H53F3O5/c1-5-6-7-10-31-13-22-38(39(45)25-31)37-26-40(46)42(41(47)27-37)36-20-18-35(19-21-36)34-16-14-33(15-17-34)32(11-8-23-51-43(49)29(2)3)12-9-24-52-44(50)30(4)28-48/h13-17,22,25-27,32,35-36,48H,2,4-12,18-21,23-24,28H2,1,3H3. The highest BCUT2D eigenvalue weighted by atomic mass is 19.1. The molecule has 1 atom stereocenters. The number of aliphatic hydroxyl groups excluding tert-OH is 1. The highest BCUT2D eigenvalue weighted by Crippen LogP contribution is 2.43. The van der Waals surface area contributed by atoms with Crippen molar-refractivity contribution >= 4 is 11.9 Å². The third-order valence-electron chi connectivity index (χ3n) is 10.2. The summed E-state index contributed by atoms with van der Waals surface area (Å²) in [5.41, 5.74) is 4.07. The average Bonchev–Trinajstić information content (AvgIpc) is 3.13. The summed E-state index contributed by atoms with van der Waals surface area (Å²) in [7, 11) is 0. The molecule has 0 amide bonds. The lowest BCUT2D eigenvalue weighted by atomic mass is 9.75. The molecule has 0 radical (unpaired) electrons. The minimum Gasteiger partial charge on any atom is -0.462 e. The van der Waals surface area contributed by atoms with Gasteiger partial charge >= 0.3 is 11.9 Å². The molecule has 8 heteroatoms. The number of hydrogen-bond acceptors (Lipinski definition) is 5. The normalized spacial score (nSPS) is 16.3. The van der Waals surface area contributed by atoms with Crippen LogP contribution in [0.25, 0.3) is 11.1 Å². The Morgan fingerprint density at radius 1 is 0.788 bits per heavy atom. The molecule has 3 aromatic carbocycles. The maximum Gasteiger partial charge on any atom is 0.335 e. The number of hydrogen-bond donors (Lipinski definition) is 1. The molecule has 1 aliphatic rings. The first-order chi connectivity index (χ1) is 25.0. The van der Waals surface area contributed by atoms with Crippen molar-refractivity contribution in [3.05, 3.63) is 119 Å². The molecule has 5 nitrogen and oxygen atoms in total. The number of benzene rings is 3. The molecule has 0 heterocycles. The fourth-order valence-electron chi connectivity index (χ4n) is 7.17. The molecule has 1 aliphatic carbocycles. The largest absolute Gasteiger partial charge is 0.462 e. The maximum atomic E-state index is 15.5. The van der Waals surface area contributed by atoms with Crippen molar-refractivity contribution in [1.29, 1.82) is 0 Å². The van der Waals surface area contributed by atoms with E-state index < -0.39 is 36.0 Å². The van der Waals surface area contributed by atoms with Gasteiger partial charge in [-0.05, 0) is 129 Å². The number of carbonyl (C=O) groups excluding carboxylic acids is 2. The molecule has 280 valence electrons. The van der Waals surface area contributed by atoms with E-state index in [1.165, 1.54) is 23.8 Å². The number of aliphatic hydroxyl groups is 1. The van der Waals surface area contributed by atoms with Crippen molar-refractivity contribution in [2.75, 3.05) is 19.8 Å². The van der Waals surface area contributed by atoms with Gasteiger partial charge in [-0.2, -0.15) is 0 Å². The van der Waals surface area contributed by atoms with Crippen LogP contribution >= 0.6 is 0 Å². The Morgan fingerprint density at radius 2 is 1.38 bits per heavy atom. The zero-order valence-electron chi connectivity index (χ0n) is 30.7. The maximum absolute atomic E-state index is 15.5. The quantitative estimate of drug-likeness (QED) is 0.0759.